The predicted molar refractivity (Wildman–Crippen MR) is 161 cm³/mol. The van der Waals surface area contributed by atoms with E-state index in [1.54, 1.807) is 49.4 Å². The Bertz CT molecular complexity index is 1000. The van der Waals surface area contributed by atoms with Gasteiger partial charge in [-0.05, 0) is 54.5 Å². The highest BCUT2D eigenvalue weighted by molar-refractivity contribution is 6.10. The summed E-state index contributed by atoms with van der Waals surface area (Å²) in [7, 11) is 2.96. The fourth-order valence-corrected chi connectivity index (χ4v) is 2.53. The molecule has 0 saturated carbocycles. The molecule has 0 spiro atoms. The molecule has 6 heteroatoms. The minimum atomic E-state index is -0.334. The van der Waals surface area contributed by atoms with Gasteiger partial charge in [0.2, 0.25) is 0 Å². The first-order valence-corrected chi connectivity index (χ1v) is 13.1. The number of carbonyl (C=O) groups excluding carboxylic acids is 2. The second kappa shape index (κ2) is 24.9. The van der Waals surface area contributed by atoms with Crippen LogP contribution in [0.3, 0.4) is 0 Å². The Balaban J connectivity index is -0.00000140. The number of rotatable bonds is 10. The Kier molecular flexibility index (Phi) is 25.3. The van der Waals surface area contributed by atoms with E-state index in [4.69, 9.17) is 14.2 Å². The van der Waals surface area contributed by atoms with E-state index in [9.17, 15) is 14.7 Å². The maximum atomic E-state index is 12.1. The van der Waals surface area contributed by atoms with E-state index in [0.29, 0.717) is 28.6 Å². The van der Waals surface area contributed by atoms with E-state index in [1.165, 1.54) is 32.4 Å². The molecule has 0 saturated heterocycles. The van der Waals surface area contributed by atoms with Gasteiger partial charge in [-0.2, -0.15) is 0 Å². The highest BCUT2D eigenvalue weighted by atomic mass is 16.5. The highest BCUT2D eigenvalue weighted by Crippen LogP contribution is 2.30. The van der Waals surface area contributed by atoms with Gasteiger partial charge in [0.15, 0.2) is 34.6 Å². The van der Waals surface area contributed by atoms with Crippen molar-refractivity contribution in [2.45, 2.75) is 68.7 Å². The third-order valence-corrected chi connectivity index (χ3v) is 3.95. The van der Waals surface area contributed by atoms with Crippen LogP contribution in [0, 0.1) is 0 Å². The number of ether oxygens (including phenoxy) is 3. The zero-order valence-electron chi connectivity index (χ0n) is 25.2. The van der Waals surface area contributed by atoms with Crippen molar-refractivity contribution in [2.24, 2.45) is 0 Å². The lowest BCUT2D eigenvalue weighted by molar-refractivity contribution is -0.121. The summed E-state index contributed by atoms with van der Waals surface area (Å²) in [5.74, 6) is 1.23. The molecule has 2 aromatic carbocycles. The van der Waals surface area contributed by atoms with Crippen molar-refractivity contribution in [3.8, 4) is 23.0 Å². The Morgan fingerprint density at radius 1 is 0.737 bits per heavy atom. The van der Waals surface area contributed by atoms with Gasteiger partial charge in [0.1, 0.15) is 0 Å². The monoisotopic (exact) mass is 528 g/mol. The Hall–Kier alpha value is -3.80. The van der Waals surface area contributed by atoms with Crippen LogP contribution in [0.1, 0.15) is 79.9 Å². The number of carbonyl (C=O) groups is 2. The zero-order chi connectivity index (χ0) is 30.1. The van der Waals surface area contributed by atoms with Crippen molar-refractivity contribution in [3.05, 3.63) is 72.0 Å². The van der Waals surface area contributed by atoms with Gasteiger partial charge in [0.25, 0.3) is 0 Å². The average Bonchev–Trinajstić information content (AvgIpc) is 2.96. The lowest BCUT2D eigenvalue weighted by Gasteiger charge is -2.10. The van der Waals surface area contributed by atoms with Crippen LogP contribution < -0.4 is 14.2 Å². The Morgan fingerprint density at radius 2 is 1.16 bits per heavy atom. The van der Waals surface area contributed by atoms with Crippen molar-refractivity contribution in [1.82, 2.24) is 0 Å². The van der Waals surface area contributed by atoms with Crippen molar-refractivity contribution in [1.29, 1.82) is 0 Å². The van der Waals surface area contributed by atoms with Gasteiger partial charge in [0, 0.05) is 0 Å². The molecule has 0 radical (unpaired) electrons. The number of phenols is 1. The summed E-state index contributed by atoms with van der Waals surface area (Å²) >= 11 is 0. The number of benzene rings is 2. The molecule has 2 rings (SSSR count). The number of ketones is 2. The van der Waals surface area contributed by atoms with E-state index in [1.807, 2.05) is 55.4 Å². The van der Waals surface area contributed by atoms with Crippen LogP contribution >= 0.6 is 0 Å². The van der Waals surface area contributed by atoms with Crippen molar-refractivity contribution < 1.29 is 28.9 Å². The zero-order valence-corrected chi connectivity index (χ0v) is 25.2. The first-order valence-electron chi connectivity index (χ1n) is 13.1. The van der Waals surface area contributed by atoms with Crippen molar-refractivity contribution in [3.63, 3.8) is 0 Å². The summed E-state index contributed by atoms with van der Waals surface area (Å²) in [6, 6.07) is 9.91. The molecule has 1 N–H and O–H groups in total. The molecule has 212 valence electrons. The molecule has 0 atom stereocenters. The fraction of sp³-hybridized carbons (Fsp3) is 0.375. The smallest absolute Gasteiger partial charge is 0.168 e. The second-order valence-electron chi connectivity index (χ2n) is 6.42. The third kappa shape index (κ3) is 16.0. The molecule has 0 aliphatic heterocycles. The molecule has 0 aliphatic rings. The topological polar surface area (TPSA) is 82.1 Å². The molecule has 0 amide bonds. The van der Waals surface area contributed by atoms with E-state index in [-0.39, 0.29) is 23.7 Å². The summed E-state index contributed by atoms with van der Waals surface area (Å²) in [5.41, 5.74) is 1.40. The second-order valence-corrected chi connectivity index (χ2v) is 6.42. The van der Waals surface area contributed by atoms with Crippen LogP contribution in [0.5, 0.6) is 23.0 Å². The number of aromatic hydroxyl groups is 1. The summed E-state index contributed by atoms with van der Waals surface area (Å²) < 4.78 is 15.8. The van der Waals surface area contributed by atoms with Gasteiger partial charge in [0.05, 0.1) is 26.4 Å². The molecule has 0 aliphatic carbocycles. The molecule has 0 unspecified atom stereocenters. The quantitative estimate of drug-likeness (QED) is 0.189. The Labute approximate surface area is 230 Å². The van der Waals surface area contributed by atoms with Crippen molar-refractivity contribution >= 4 is 23.7 Å². The van der Waals surface area contributed by atoms with Gasteiger partial charge in [-0.25, -0.2) is 0 Å². The van der Waals surface area contributed by atoms with Gasteiger partial charge in [-0.1, -0.05) is 86.3 Å². The molecule has 0 aromatic heterocycles. The maximum absolute atomic E-state index is 12.1. The molecular weight excluding hydrogens is 480 g/mol. The van der Waals surface area contributed by atoms with E-state index < -0.39 is 0 Å². The normalized spacial score (nSPS) is 9.24. The number of hydrogen-bond acceptors (Lipinski definition) is 6. The molecule has 2 aromatic rings. The summed E-state index contributed by atoms with van der Waals surface area (Å²) in [6.45, 7) is 21.4. The summed E-state index contributed by atoms with van der Waals surface area (Å²) in [5, 5.41) is 9.58. The standard InChI is InChI=1S/C24H24O6.4C2H6/c1-16(2)30-22-12-8-18(14-24(22)29-4)6-10-20(26)15-19(25)9-5-17-7-11-21(27)23(13-17)28-3;4*1-2/h5-14,27H,1,15H2,2-4H3;4*1-2H3/b9-5+,10-6+;;;;. The first-order chi connectivity index (χ1) is 18.3. The van der Waals surface area contributed by atoms with E-state index in [2.05, 4.69) is 6.58 Å². The van der Waals surface area contributed by atoms with Crippen LogP contribution in [0.25, 0.3) is 12.2 Å². The highest BCUT2D eigenvalue weighted by Gasteiger charge is 2.07. The predicted octanol–water partition coefficient (Wildman–Crippen LogP) is 8.68. The van der Waals surface area contributed by atoms with Crippen LogP contribution in [0.2, 0.25) is 0 Å². The SMILES string of the molecule is C=C(C)Oc1ccc(/C=C/C(=O)CC(=O)/C=C/c2ccc(O)c(OC)c2)cc1OC.CC.CC.CC.CC. The average molecular weight is 529 g/mol. The first kappa shape index (κ1) is 38.7. The maximum Gasteiger partial charge on any atom is 0.168 e. The molecule has 38 heavy (non-hydrogen) atoms. The molecule has 0 heterocycles. The minimum absolute atomic E-state index is 0.0112. The van der Waals surface area contributed by atoms with Crippen LogP contribution in [0.4, 0.5) is 0 Å². The number of allylic oxidation sites excluding steroid dienone is 3. The summed E-state index contributed by atoms with van der Waals surface area (Å²) in [6.07, 6.45) is 5.59. The largest absolute Gasteiger partial charge is 0.504 e. The van der Waals surface area contributed by atoms with Gasteiger partial charge in [-0.3, -0.25) is 9.59 Å². The molecule has 0 bridgehead atoms. The van der Waals surface area contributed by atoms with Gasteiger partial charge < -0.3 is 19.3 Å². The van der Waals surface area contributed by atoms with Gasteiger partial charge >= 0.3 is 0 Å². The summed E-state index contributed by atoms with van der Waals surface area (Å²) in [4.78, 5) is 24.1. The van der Waals surface area contributed by atoms with Crippen LogP contribution in [-0.2, 0) is 9.59 Å². The number of phenolic OH excluding ortho intramolecular Hbond substituents is 1. The van der Waals surface area contributed by atoms with Gasteiger partial charge in [-0.15, -0.1) is 0 Å². The lowest BCUT2D eigenvalue weighted by Crippen LogP contribution is -2.02. The molecule has 0 fully saturated rings. The van der Waals surface area contributed by atoms with Crippen LogP contribution in [0.15, 0.2) is 60.9 Å². The third-order valence-electron chi connectivity index (χ3n) is 3.95. The number of methoxy groups -OCH3 is 2. The number of hydrogen-bond donors (Lipinski definition) is 1. The molecule has 6 nitrogen and oxygen atoms in total. The molecular formula is C32H48O6. The van der Waals surface area contributed by atoms with Crippen LogP contribution in [-0.4, -0.2) is 30.9 Å². The Morgan fingerprint density at radius 3 is 1.58 bits per heavy atom. The van der Waals surface area contributed by atoms with E-state index in [0.717, 1.165) is 5.56 Å². The van der Waals surface area contributed by atoms with E-state index >= 15 is 0 Å². The van der Waals surface area contributed by atoms with Crippen molar-refractivity contribution in [2.75, 3.05) is 14.2 Å². The minimum Gasteiger partial charge on any atom is -0.504 e. The fourth-order valence-electron chi connectivity index (χ4n) is 2.53. The lowest BCUT2D eigenvalue weighted by atomic mass is 10.1.